The molecule has 0 radical (unpaired) electrons. The first-order chi connectivity index (χ1) is 9.90. The summed E-state index contributed by atoms with van der Waals surface area (Å²) in [6.07, 6.45) is 0. The second-order valence-corrected chi connectivity index (χ2v) is 5.85. The molecule has 0 atom stereocenters. The van der Waals surface area contributed by atoms with Gasteiger partial charge in [0.05, 0.1) is 5.56 Å². The summed E-state index contributed by atoms with van der Waals surface area (Å²) < 4.78 is 6.04. The van der Waals surface area contributed by atoms with E-state index >= 15 is 0 Å². The maximum absolute atomic E-state index is 6.04. The van der Waals surface area contributed by atoms with Crippen molar-refractivity contribution in [3.63, 3.8) is 0 Å². The standard InChI is InChI=1S/C17H23N3O/c1-10(2)13-8-6-7-9-14(13)21-17-12(5)15(18)19-16(20-17)11(3)4/h6-11H,1-5H3,(H2,18,19,20). The van der Waals surface area contributed by atoms with E-state index in [1.54, 1.807) is 0 Å². The van der Waals surface area contributed by atoms with Gasteiger partial charge in [0, 0.05) is 5.92 Å². The lowest BCUT2D eigenvalue weighted by Gasteiger charge is -2.16. The van der Waals surface area contributed by atoms with Crippen LogP contribution in [0.25, 0.3) is 0 Å². The van der Waals surface area contributed by atoms with Crippen LogP contribution in [0, 0.1) is 6.92 Å². The molecular formula is C17H23N3O. The molecule has 2 aromatic rings. The molecule has 0 spiro atoms. The number of ether oxygens (including phenoxy) is 1. The van der Waals surface area contributed by atoms with Gasteiger partial charge in [0.25, 0.3) is 0 Å². The molecule has 0 unspecified atom stereocenters. The van der Waals surface area contributed by atoms with Crippen LogP contribution in [0.2, 0.25) is 0 Å². The molecule has 0 aliphatic heterocycles. The van der Waals surface area contributed by atoms with Gasteiger partial charge in [-0.2, -0.15) is 4.98 Å². The molecule has 0 aliphatic carbocycles. The fraction of sp³-hybridized carbons (Fsp3) is 0.412. The van der Waals surface area contributed by atoms with Crippen LogP contribution in [0.3, 0.4) is 0 Å². The van der Waals surface area contributed by atoms with E-state index in [1.165, 1.54) is 0 Å². The van der Waals surface area contributed by atoms with Crippen LogP contribution in [-0.2, 0) is 0 Å². The predicted molar refractivity (Wildman–Crippen MR) is 85.9 cm³/mol. The molecule has 1 aromatic heterocycles. The van der Waals surface area contributed by atoms with E-state index in [-0.39, 0.29) is 5.92 Å². The summed E-state index contributed by atoms with van der Waals surface area (Å²) in [5.74, 6) is 3.13. The van der Waals surface area contributed by atoms with Gasteiger partial charge in [-0.15, -0.1) is 0 Å². The van der Waals surface area contributed by atoms with Crippen molar-refractivity contribution in [2.45, 2.75) is 46.5 Å². The topological polar surface area (TPSA) is 61.0 Å². The van der Waals surface area contributed by atoms with E-state index in [0.29, 0.717) is 23.4 Å². The Hall–Kier alpha value is -2.10. The lowest BCUT2D eigenvalue weighted by molar-refractivity contribution is 0.445. The number of hydrogen-bond acceptors (Lipinski definition) is 4. The predicted octanol–water partition coefficient (Wildman–Crippen LogP) is 4.41. The summed E-state index contributed by atoms with van der Waals surface area (Å²) in [6.45, 7) is 10.2. The Balaban J connectivity index is 2.44. The second kappa shape index (κ2) is 6.12. The molecule has 112 valence electrons. The summed E-state index contributed by atoms with van der Waals surface area (Å²) in [5, 5.41) is 0. The van der Waals surface area contributed by atoms with Gasteiger partial charge in [0.15, 0.2) is 0 Å². The first-order valence-corrected chi connectivity index (χ1v) is 7.31. The number of aromatic nitrogens is 2. The van der Waals surface area contributed by atoms with Crippen LogP contribution in [0.15, 0.2) is 24.3 Å². The third-order valence-electron chi connectivity index (χ3n) is 3.42. The van der Waals surface area contributed by atoms with Crippen LogP contribution < -0.4 is 10.5 Å². The van der Waals surface area contributed by atoms with Gasteiger partial charge in [-0.1, -0.05) is 45.9 Å². The fourth-order valence-electron chi connectivity index (χ4n) is 2.04. The van der Waals surface area contributed by atoms with Crippen molar-refractivity contribution in [3.05, 3.63) is 41.2 Å². The molecule has 2 N–H and O–H groups in total. The summed E-state index contributed by atoms with van der Waals surface area (Å²) in [4.78, 5) is 8.83. The highest BCUT2D eigenvalue weighted by molar-refractivity contribution is 5.47. The third kappa shape index (κ3) is 3.32. The van der Waals surface area contributed by atoms with Crippen molar-refractivity contribution in [2.24, 2.45) is 0 Å². The SMILES string of the molecule is Cc1c(N)nc(C(C)C)nc1Oc1ccccc1C(C)C. The van der Waals surface area contributed by atoms with Crippen molar-refractivity contribution in [1.82, 2.24) is 9.97 Å². The van der Waals surface area contributed by atoms with E-state index in [9.17, 15) is 0 Å². The van der Waals surface area contributed by atoms with E-state index in [0.717, 1.165) is 16.9 Å². The number of nitrogens with zero attached hydrogens (tertiary/aromatic N) is 2. The minimum Gasteiger partial charge on any atom is -0.438 e. The quantitative estimate of drug-likeness (QED) is 0.904. The highest BCUT2D eigenvalue weighted by atomic mass is 16.5. The first kappa shape index (κ1) is 15.3. The number of rotatable bonds is 4. The summed E-state index contributed by atoms with van der Waals surface area (Å²) in [5.41, 5.74) is 7.91. The van der Waals surface area contributed by atoms with Crippen LogP contribution in [0.1, 0.15) is 56.5 Å². The Morgan fingerprint density at radius 2 is 1.67 bits per heavy atom. The van der Waals surface area contributed by atoms with Gasteiger partial charge < -0.3 is 10.5 Å². The van der Waals surface area contributed by atoms with E-state index < -0.39 is 0 Å². The zero-order valence-electron chi connectivity index (χ0n) is 13.3. The fourth-order valence-corrected chi connectivity index (χ4v) is 2.04. The van der Waals surface area contributed by atoms with Crippen LogP contribution in [0.4, 0.5) is 5.82 Å². The Bertz CT molecular complexity index is 636. The van der Waals surface area contributed by atoms with Crippen LogP contribution >= 0.6 is 0 Å². The number of para-hydroxylation sites is 1. The molecule has 0 saturated heterocycles. The molecule has 21 heavy (non-hydrogen) atoms. The molecule has 2 rings (SSSR count). The molecular weight excluding hydrogens is 262 g/mol. The zero-order valence-corrected chi connectivity index (χ0v) is 13.3. The van der Waals surface area contributed by atoms with Gasteiger partial charge in [-0.05, 0) is 24.5 Å². The van der Waals surface area contributed by atoms with Crippen molar-refractivity contribution in [3.8, 4) is 11.6 Å². The highest BCUT2D eigenvalue weighted by Gasteiger charge is 2.15. The minimum atomic E-state index is 0.204. The average Bonchev–Trinajstić information content (AvgIpc) is 2.43. The summed E-state index contributed by atoms with van der Waals surface area (Å²) in [7, 11) is 0. The Labute approximate surface area is 126 Å². The van der Waals surface area contributed by atoms with E-state index in [1.807, 2.05) is 39.0 Å². The van der Waals surface area contributed by atoms with Gasteiger partial charge in [0.2, 0.25) is 5.88 Å². The largest absolute Gasteiger partial charge is 0.438 e. The number of benzene rings is 1. The van der Waals surface area contributed by atoms with Gasteiger partial charge >= 0.3 is 0 Å². The zero-order chi connectivity index (χ0) is 15.6. The van der Waals surface area contributed by atoms with Crippen LogP contribution in [-0.4, -0.2) is 9.97 Å². The number of hydrogen-bond donors (Lipinski definition) is 1. The smallest absolute Gasteiger partial charge is 0.227 e. The number of nitrogens with two attached hydrogens (primary N) is 1. The maximum atomic E-state index is 6.04. The van der Waals surface area contributed by atoms with Crippen LogP contribution in [0.5, 0.6) is 11.6 Å². The lowest BCUT2D eigenvalue weighted by Crippen LogP contribution is -2.06. The highest BCUT2D eigenvalue weighted by Crippen LogP contribution is 2.32. The monoisotopic (exact) mass is 285 g/mol. The van der Waals surface area contributed by atoms with Crippen molar-refractivity contribution in [1.29, 1.82) is 0 Å². The number of anilines is 1. The minimum absolute atomic E-state index is 0.204. The van der Waals surface area contributed by atoms with E-state index in [4.69, 9.17) is 10.5 Å². The molecule has 0 fully saturated rings. The molecule has 4 nitrogen and oxygen atoms in total. The molecule has 0 saturated carbocycles. The molecule has 0 bridgehead atoms. The van der Waals surface area contributed by atoms with E-state index in [2.05, 4.69) is 29.9 Å². The maximum Gasteiger partial charge on any atom is 0.227 e. The number of nitrogen functional groups attached to an aromatic ring is 1. The summed E-state index contributed by atoms with van der Waals surface area (Å²) in [6, 6.07) is 8.01. The Morgan fingerprint density at radius 1 is 1.00 bits per heavy atom. The normalized spacial score (nSPS) is 11.2. The van der Waals surface area contributed by atoms with Gasteiger partial charge in [-0.25, -0.2) is 4.98 Å². The van der Waals surface area contributed by atoms with Gasteiger partial charge in [0.1, 0.15) is 17.4 Å². The van der Waals surface area contributed by atoms with Crippen molar-refractivity contribution < 1.29 is 4.74 Å². The first-order valence-electron chi connectivity index (χ1n) is 7.31. The summed E-state index contributed by atoms with van der Waals surface area (Å²) >= 11 is 0. The van der Waals surface area contributed by atoms with Crippen molar-refractivity contribution >= 4 is 5.82 Å². The molecule has 1 aromatic carbocycles. The second-order valence-electron chi connectivity index (χ2n) is 5.85. The molecule has 0 amide bonds. The average molecular weight is 285 g/mol. The Kier molecular flexibility index (Phi) is 4.46. The molecule has 0 aliphatic rings. The lowest BCUT2D eigenvalue weighted by atomic mass is 10.0. The third-order valence-corrected chi connectivity index (χ3v) is 3.42. The van der Waals surface area contributed by atoms with Crippen molar-refractivity contribution in [2.75, 3.05) is 5.73 Å². The molecule has 4 heteroatoms. The Morgan fingerprint density at radius 3 is 2.29 bits per heavy atom. The molecule has 1 heterocycles. The van der Waals surface area contributed by atoms with Gasteiger partial charge in [-0.3, -0.25) is 0 Å².